The van der Waals surface area contributed by atoms with Gasteiger partial charge in [-0.05, 0) is 48.1 Å². The van der Waals surface area contributed by atoms with E-state index in [4.69, 9.17) is 4.74 Å². The highest BCUT2D eigenvalue weighted by atomic mass is 19.1. The Labute approximate surface area is 143 Å². The Hall–Kier alpha value is -1.90. The highest BCUT2D eigenvalue weighted by Gasteiger charge is 2.13. The lowest BCUT2D eigenvalue weighted by atomic mass is 10.0. The molecule has 3 heteroatoms. The zero-order valence-corrected chi connectivity index (χ0v) is 14.6. The molecule has 0 aromatic heterocycles. The molecule has 0 aliphatic heterocycles. The molecule has 0 aliphatic rings. The van der Waals surface area contributed by atoms with Crippen molar-refractivity contribution in [3.05, 3.63) is 53.6 Å². The van der Waals surface area contributed by atoms with Crippen LogP contribution in [-0.4, -0.2) is 6.61 Å². The minimum absolute atomic E-state index is 0.275. The molecule has 0 saturated heterocycles. The number of hydrogen-bond donors (Lipinski definition) is 0. The monoisotopic (exact) mass is 332 g/mol. The van der Waals surface area contributed by atoms with Crippen LogP contribution in [0.3, 0.4) is 0 Å². The van der Waals surface area contributed by atoms with E-state index < -0.39 is 11.6 Å². The molecule has 1 nitrogen and oxygen atoms in total. The second-order valence-electron chi connectivity index (χ2n) is 6.13. The Balaban J connectivity index is 2.11. The van der Waals surface area contributed by atoms with Crippen molar-refractivity contribution in [2.75, 3.05) is 6.61 Å². The fourth-order valence-corrected chi connectivity index (χ4v) is 2.63. The summed E-state index contributed by atoms with van der Waals surface area (Å²) in [5.41, 5.74) is 2.60. The van der Waals surface area contributed by atoms with Crippen molar-refractivity contribution in [1.29, 1.82) is 0 Å². The van der Waals surface area contributed by atoms with Crippen LogP contribution in [0, 0.1) is 11.6 Å². The summed E-state index contributed by atoms with van der Waals surface area (Å²) in [4.78, 5) is 0. The molecule has 130 valence electrons. The SMILES string of the molecule is CCCCCc1ccc(-c2cc(F)c(OCCCC)c(F)c2)cc1. The number of aryl methyl sites for hydroxylation is 1. The van der Waals surface area contributed by atoms with Crippen LogP contribution >= 0.6 is 0 Å². The first-order chi connectivity index (χ1) is 11.7. The lowest BCUT2D eigenvalue weighted by Crippen LogP contribution is -2.01. The van der Waals surface area contributed by atoms with E-state index in [2.05, 4.69) is 6.92 Å². The Kier molecular flexibility index (Phi) is 7.23. The van der Waals surface area contributed by atoms with E-state index in [0.29, 0.717) is 12.2 Å². The van der Waals surface area contributed by atoms with E-state index >= 15 is 0 Å². The predicted molar refractivity (Wildman–Crippen MR) is 95.4 cm³/mol. The number of rotatable bonds is 9. The number of halogens is 2. The van der Waals surface area contributed by atoms with Gasteiger partial charge in [0.1, 0.15) is 0 Å². The van der Waals surface area contributed by atoms with Crippen LogP contribution in [0.2, 0.25) is 0 Å². The zero-order valence-electron chi connectivity index (χ0n) is 14.6. The summed E-state index contributed by atoms with van der Waals surface area (Å²) in [6.07, 6.45) is 6.33. The van der Waals surface area contributed by atoms with E-state index in [0.717, 1.165) is 24.8 Å². The molecule has 2 aromatic rings. The molecular weight excluding hydrogens is 306 g/mol. The third-order valence-corrected chi connectivity index (χ3v) is 4.10. The highest BCUT2D eigenvalue weighted by molar-refractivity contribution is 5.65. The van der Waals surface area contributed by atoms with Crippen molar-refractivity contribution in [2.45, 2.75) is 52.4 Å². The molecule has 0 spiro atoms. The Morgan fingerprint density at radius 1 is 0.792 bits per heavy atom. The molecule has 0 fully saturated rings. The molecule has 2 rings (SSSR count). The summed E-state index contributed by atoms with van der Waals surface area (Å²) < 4.78 is 33.5. The van der Waals surface area contributed by atoms with Gasteiger partial charge in [0.05, 0.1) is 6.61 Å². The molecule has 0 unspecified atom stereocenters. The van der Waals surface area contributed by atoms with Gasteiger partial charge in [-0.15, -0.1) is 0 Å². The van der Waals surface area contributed by atoms with E-state index in [1.165, 1.54) is 37.0 Å². The molecule has 2 aromatic carbocycles. The molecule has 0 radical (unpaired) electrons. The maximum atomic E-state index is 14.1. The van der Waals surface area contributed by atoms with Gasteiger partial charge in [0.15, 0.2) is 17.4 Å². The van der Waals surface area contributed by atoms with E-state index in [1.54, 1.807) is 0 Å². The fraction of sp³-hybridized carbons (Fsp3) is 0.429. The third-order valence-electron chi connectivity index (χ3n) is 4.10. The first-order valence-corrected chi connectivity index (χ1v) is 8.86. The summed E-state index contributed by atoms with van der Waals surface area (Å²) >= 11 is 0. The molecule has 0 saturated carbocycles. The maximum Gasteiger partial charge on any atom is 0.190 e. The van der Waals surface area contributed by atoms with Crippen molar-refractivity contribution in [3.63, 3.8) is 0 Å². The second-order valence-corrected chi connectivity index (χ2v) is 6.13. The maximum absolute atomic E-state index is 14.1. The third kappa shape index (κ3) is 5.05. The molecule has 24 heavy (non-hydrogen) atoms. The Morgan fingerprint density at radius 2 is 1.42 bits per heavy atom. The normalized spacial score (nSPS) is 10.8. The van der Waals surface area contributed by atoms with Crippen LogP contribution in [-0.2, 0) is 6.42 Å². The summed E-state index contributed by atoms with van der Waals surface area (Å²) in [5.74, 6) is -1.57. The van der Waals surface area contributed by atoms with Gasteiger partial charge < -0.3 is 4.74 Å². The summed E-state index contributed by atoms with van der Waals surface area (Å²) in [6.45, 7) is 4.52. The van der Waals surface area contributed by atoms with Gasteiger partial charge in [0, 0.05) is 0 Å². The van der Waals surface area contributed by atoms with Gasteiger partial charge in [0.2, 0.25) is 0 Å². The second kappa shape index (κ2) is 9.41. The van der Waals surface area contributed by atoms with Crippen LogP contribution in [0.25, 0.3) is 11.1 Å². The standard InChI is InChI=1S/C21H26F2O/c1-3-5-7-8-16-9-11-17(12-10-16)18-14-19(22)21(20(23)15-18)24-13-6-4-2/h9-12,14-15H,3-8,13H2,1-2H3. The molecule has 0 bridgehead atoms. The summed E-state index contributed by atoms with van der Waals surface area (Å²) in [6, 6.07) is 10.6. The smallest absolute Gasteiger partial charge is 0.190 e. The van der Waals surface area contributed by atoms with E-state index in [1.807, 2.05) is 31.2 Å². The van der Waals surface area contributed by atoms with Crippen molar-refractivity contribution in [1.82, 2.24) is 0 Å². The first-order valence-electron chi connectivity index (χ1n) is 8.86. The summed E-state index contributed by atoms with van der Waals surface area (Å²) in [7, 11) is 0. The van der Waals surface area contributed by atoms with Crippen molar-refractivity contribution in [2.24, 2.45) is 0 Å². The molecule has 0 heterocycles. The number of hydrogen-bond acceptors (Lipinski definition) is 1. The highest BCUT2D eigenvalue weighted by Crippen LogP contribution is 2.29. The Morgan fingerprint density at radius 3 is 2.00 bits per heavy atom. The summed E-state index contributed by atoms with van der Waals surface area (Å²) in [5, 5.41) is 0. The topological polar surface area (TPSA) is 9.23 Å². The zero-order chi connectivity index (χ0) is 17.4. The number of unbranched alkanes of at least 4 members (excludes halogenated alkanes) is 3. The average molecular weight is 332 g/mol. The predicted octanol–water partition coefficient (Wildman–Crippen LogP) is 6.54. The van der Waals surface area contributed by atoms with Crippen LogP contribution in [0.15, 0.2) is 36.4 Å². The number of ether oxygens (including phenoxy) is 1. The van der Waals surface area contributed by atoms with Crippen LogP contribution in [0.4, 0.5) is 8.78 Å². The van der Waals surface area contributed by atoms with Gasteiger partial charge in [-0.25, -0.2) is 8.78 Å². The van der Waals surface area contributed by atoms with E-state index in [-0.39, 0.29) is 5.75 Å². The Bertz CT molecular complexity index is 612. The van der Waals surface area contributed by atoms with Gasteiger partial charge >= 0.3 is 0 Å². The van der Waals surface area contributed by atoms with Gasteiger partial charge in [-0.3, -0.25) is 0 Å². The lowest BCUT2D eigenvalue weighted by molar-refractivity contribution is 0.279. The minimum atomic E-state index is -0.645. The molecule has 0 aliphatic carbocycles. The van der Waals surface area contributed by atoms with Crippen molar-refractivity contribution in [3.8, 4) is 16.9 Å². The van der Waals surface area contributed by atoms with Gasteiger partial charge in [0.25, 0.3) is 0 Å². The van der Waals surface area contributed by atoms with Crippen molar-refractivity contribution < 1.29 is 13.5 Å². The quantitative estimate of drug-likeness (QED) is 0.473. The first kappa shape index (κ1) is 18.4. The van der Waals surface area contributed by atoms with Crippen LogP contribution in [0.5, 0.6) is 5.75 Å². The molecular formula is C21H26F2O. The molecule has 0 atom stereocenters. The molecule has 0 amide bonds. The number of benzene rings is 2. The van der Waals surface area contributed by atoms with Crippen LogP contribution < -0.4 is 4.74 Å². The minimum Gasteiger partial charge on any atom is -0.488 e. The fourth-order valence-electron chi connectivity index (χ4n) is 2.63. The largest absolute Gasteiger partial charge is 0.488 e. The average Bonchev–Trinajstić information content (AvgIpc) is 2.58. The molecule has 0 N–H and O–H groups in total. The van der Waals surface area contributed by atoms with Gasteiger partial charge in [-0.2, -0.15) is 0 Å². The van der Waals surface area contributed by atoms with Gasteiger partial charge in [-0.1, -0.05) is 57.4 Å². The van der Waals surface area contributed by atoms with E-state index in [9.17, 15) is 8.78 Å². The van der Waals surface area contributed by atoms with Crippen LogP contribution in [0.1, 0.15) is 51.5 Å². The lowest BCUT2D eigenvalue weighted by Gasteiger charge is -2.10. The van der Waals surface area contributed by atoms with Crippen molar-refractivity contribution >= 4 is 0 Å².